The van der Waals surface area contributed by atoms with Gasteiger partial charge >= 0.3 is 0 Å². The molecule has 33 heavy (non-hydrogen) atoms. The van der Waals surface area contributed by atoms with Crippen LogP contribution in [0.3, 0.4) is 0 Å². The Morgan fingerprint density at radius 2 is 1.61 bits per heavy atom. The van der Waals surface area contributed by atoms with Gasteiger partial charge in [0.05, 0.1) is 5.69 Å². The predicted octanol–water partition coefficient (Wildman–Crippen LogP) is 2.45. The number of amides is 2. The van der Waals surface area contributed by atoms with E-state index in [4.69, 9.17) is 0 Å². The molecule has 1 saturated heterocycles. The van der Waals surface area contributed by atoms with Crippen molar-refractivity contribution in [2.45, 2.75) is 53.5 Å². The number of para-hydroxylation sites is 1. The second-order valence-electron chi connectivity index (χ2n) is 9.24. The summed E-state index contributed by atoms with van der Waals surface area (Å²) in [5.74, 6) is 0.170. The third kappa shape index (κ3) is 7.32. The summed E-state index contributed by atoms with van der Waals surface area (Å²) in [5, 5.41) is 4.60. The van der Waals surface area contributed by atoms with Crippen LogP contribution in [0, 0.1) is 19.8 Å². The van der Waals surface area contributed by atoms with Crippen molar-refractivity contribution in [1.29, 1.82) is 0 Å². The SMILES string of the molecule is Cc1nn(CC(C)C)c(C)c1CCC(=O)NNC(=O)CCN1CCN(c2ccccc2)CC1. The van der Waals surface area contributed by atoms with Gasteiger partial charge in [-0.2, -0.15) is 5.10 Å². The topological polar surface area (TPSA) is 82.5 Å². The van der Waals surface area contributed by atoms with Crippen molar-refractivity contribution in [3.05, 3.63) is 47.3 Å². The normalized spacial score (nSPS) is 14.5. The van der Waals surface area contributed by atoms with Crippen LogP contribution in [-0.4, -0.2) is 59.2 Å². The molecule has 0 aliphatic carbocycles. The highest BCUT2D eigenvalue weighted by Crippen LogP contribution is 2.17. The lowest BCUT2D eigenvalue weighted by atomic mass is 10.1. The first-order valence-corrected chi connectivity index (χ1v) is 12.0. The fraction of sp³-hybridized carbons (Fsp3) is 0.560. The molecule has 2 amide bonds. The van der Waals surface area contributed by atoms with E-state index in [1.807, 2.05) is 17.7 Å². The maximum atomic E-state index is 12.2. The molecule has 0 bridgehead atoms. The standard InChI is InChI=1S/C25H38N6O2/c1-19(2)18-31-21(4)23(20(3)28-31)10-11-24(32)26-27-25(33)12-13-29-14-16-30(17-15-29)22-8-6-5-7-9-22/h5-9,19H,10-18H2,1-4H3,(H,26,32)(H,27,33). The molecule has 1 aliphatic rings. The number of nitrogens with zero attached hydrogens (tertiary/aromatic N) is 4. The van der Waals surface area contributed by atoms with Gasteiger partial charge in [0, 0.05) is 63.5 Å². The first-order chi connectivity index (χ1) is 15.8. The van der Waals surface area contributed by atoms with Crippen LogP contribution in [0.15, 0.2) is 30.3 Å². The number of anilines is 1. The molecule has 180 valence electrons. The molecule has 1 aliphatic heterocycles. The average molecular weight is 455 g/mol. The van der Waals surface area contributed by atoms with Crippen molar-refractivity contribution < 1.29 is 9.59 Å². The zero-order chi connectivity index (χ0) is 23.8. The van der Waals surface area contributed by atoms with Crippen molar-refractivity contribution in [2.24, 2.45) is 5.92 Å². The van der Waals surface area contributed by atoms with Crippen molar-refractivity contribution in [2.75, 3.05) is 37.6 Å². The molecule has 1 aromatic heterocycles. The Labute approximate surface area is 197 Å². The van der Waals surface area contributed by atoms with Gasteiger partial charge in [0.1, 0.15) is 0 Å². The Hall–Kier alpha value is -2.87. The van der Waals surface area contributed by atoms with E-state index < -0.39 is 0 Å². The number of nitrogens with one attached hydrogen (secondary N) is 2. The molecule has 1 fully saturated rings. The fourth-order valence-corrected chi connectivity index (χ4v) is 4.25. The Morgan fingerprint density at radius 1 is 0.970 bits per heavy atom. The predicted molar refractivity (Wildman–Crippen MR) is 131 cm³/mol. The van der Waals surface area contributed by atoms with Gasteiger partial charge in [-0.1, -0.05) is 32.0 Å². The molecule has 0 spiro atoms. The van der Waals surface area contributed by atoms with E-state index in [1.54, 1.807) is 0 Å². The first-order valence-electron chi connectivity index (χ1n) is 12.0. The molecule has 8 heteroatoms. The van der Waals surface area contributed by atoms with Crippen molar-refractivity contribution >= 4 is 17.5 Å². The minimum atomic E-state index is -0.185. The number of benzene rings is 1. The van der Waals surface area contributed by atoms with Gasteiger partial charge in [-0.15, -0.1) is 0 Å². The van der Waals surface area contributed by atoms with Crippen molar-refractivity contribution in [3.8, 4) is 0 Å². The van der Waals surface area contributed by atoms with Gasteiger partial charge in [0.15, 0.2) is 0 Å². The van der Waals surface area contributed by atoms with E-state index in [1.165, 1.54) is 5.69 Å². The summed E-state index contributed by atoms with van der Waals surface area (Å²) in [7, 11) is 0. The van der Waals surface area contributed by atoms with Crippen molar-refractivity contribution in [3.63, 3.8) is 0 Å². The summed E-state index contributed by atoms with van der Waals surface area (Å²) >= 11 is 0. The lowest BCUT2D eigenvalue weighted by Gasteiger charge is -2.36. The number of aromatic nitrogens is 2. The minimum Gasteiger partial charge on any atom is -0.369 e. The van der Waals surface area contributed by atoms with E-state index >= 15 is 0 Å². The summed E-state index contributed by atoms with van der Waals surface area (Å²) in [6, 6.07) is 10.4. The highest BCUT2D eigenvalue weighted by molar-refractivity contribution is 5.82. The second kappa shape index (κ2) is 11.8. The lowest BCUT2D eigenvalue weighted by molar-refractivity contribution is -0.129. The van der Waals surface area contributed by atoms with Crippen LogP contribution in [0.4, 0.5) is 5.69 Å². The van der Waals surface area contributed by atoms with Crippen LogP contribution in [0.1, 0.15) is 43.6 Å². The highest BCUT2D eigenvalue weighted by Gasteiger charge is 2.18. The van der Waals surface area contributed by atoms with Crippen LogP contribution >= 0.6 is 0 Å². The minimum absolute atomic E-state index is 0.161. The number of hydrogen-bond donors (Lipinski definition) is 2. The zero-order valence-corrected chi connectivity index (χ0v) is 20.4. The molecule has 8 nitrogen and oxygen atoms in total. The summed E-state index contributed by atoms with van der Waals surface area (Å²) in [6.07, 6.45) is 1.30. The van der Waals surface area contributed by atoms with E-state index in [9.17, 15) is 9.59 Å². The van der Waals surface area contributed by atoms with Gasteiger partial charge in [0.25, 0.3) is 0 Å². The van der Waals surface area contributed by atoms with Gasteiger partial charge in [-0.3, -0.25) is 30.0 Å². The van der Waals surface area contributed by atoms with Crippen LogP contribution in [0.2, 0.25) is 0 Å². The molecule has 2 heterocycles. The first kappa shape index (κ1) is 24.8. The summed E-state index contributed by atoms with van der Waals surface area (Å²) in [6.45, 7) is 13.7. The third-order valence-electron chi connectivity index (χ3n) is 6.16. The van der Waals surface area contributed by atoms with Crippen LogP contribution in [0.25, 0.3) is 0 Å². The smallest absolute Gasteiger partial charge is 0.239 e. The number of carbonyl (C=O) groups is 2. The number of hydrogen-bond acceptors (Lipinski definition) is 5. The molecule has 1 aromatic carbocycles. The number of carbonyl (C=O) groups excluding carboxylic acids is 2. The molecular weight excluding hydrogens is 416 g/mol. The van der Waals surface area contributed by atoms with Crippen LogP contribution in [-0.2, 0) is 22.6 Å². The van der Waals surface area contributed by atoms with Gasteiger partial charge in [0.2, 0.25) is 11.8 Å². The monoisotopic (exact) mass is 454 g/mol. The van der Waals surface area contributed by atoms with E-state index in [-0.39, 0.29) is 11.8 Å². The quantitative estimate of drug-likeness (QED) is 0.569. The number of rotatable bonds is 9. The molecule has 0 saturated carbocycles. The zero-order valence-electron chi connectivity index (χ0n) is 20.4. The molecular formula is C25H38N6O2. The molecule has 3 rings (SSSR count). The Balaban J connectivity index is 1.33. The lowest BCUT2D eigenvalue weighted by Crippen LogP contribution is -2.48. The van der Waals surface area contributed by atoms with Gasteiger partial charge in [-0.05, 0) is 43.9 Å². The van der Waals surface area contributed by atoms with E-state index in [2.05, 4.69) is 70.8 Å². The maximum absolute atomic E-state index is 12.2. The largest absolute Gasteiger partial charge is 0.369 e. The summed E-state index contributed by atoms with van der Waals surface area (Å²) < 4.78 is 2.02. The van der Waals surface area contributed by atoms with E-state index in [0.717, 1.165) is 49.7 Å². The van der Waals surface area contributed by atoms with Crippen molar-refractivity contribution in [1.82, 2.24) is 25.5 Å². The highest BCUT2D eigenvalue weighted by atomic mass is 16.2. The van der Waals surface area contributed by atoms with E-state index in [0.29, 0.717) is 31.7 Å². The molecule has 2 aromatic rings. The Morgan fingerprint density at radius 3 is 2.24 bits per heavy atom. The fourth-order valence-electron chi connectivity index (χ4n) is 4.25. The summed E-state index contributed by atoms with van der Waals surface area (Å²) in [4.78, 5) is 29.1. The molecule has 0 radical (unpaired) electrons. The number of aryl methyl sites for hydroxylation is 1. The molecule has 0 atom stereocenters. The number of piperazine rings is 1. The third-order valence-corrected chi connectivity index (χ3v) is 6.16. The Kier molecular flexibility index (Phi) is 8.88. The van der Waals surface area contributed by atoms with Gasteiger partial charge in [-0.25, -0.2) is 0 Å². The molecule has 2 N–H and O–H groups in total. The number of hydrazine groups is 1. The van der Waals surface area contributed by atoms with Crippen LogP contribution < -0.4 is 15.8 Å². The van der Waals surface area contributed by atoms with Crippen LogP contribution in [0.5, 0.6) is 0 Å². The van der Waals surface area contributed by atoms with Gasteiger partial charge < -0.3 is 4.90 Å². The second-order valence-corrected chi connectivity index (χ2v) is 9.24. The summed E-state index contributed by atoms with van der Waals surface area (Å²) in [5.41, 5.74) is 9.56. The Bertz CT molecular complexity index is 916. The molecule has 0 unspecified atom stereocenters. The average Bonchev–Trinajstić information content (AvgIpc) is 3.07. The maximum Gasteiger partial charge on any atom is 0.239 e.